The Labute approximate surface area is 133 Å². The average Bonchev–Trinajstić information content (AvgIpc) is 3.20. The summed E-state index contributed by atoms with van der Waals surface area (Å²) >= 11 is 0. The summed E-state index contributed by atoms with van der Waals surface area (Å²) < 4.78 is 24.2. The zero-order valence-electron chi connectivity index (χ0n) is 12.7. The molecule has 1 amide bonds. The van der Waals surface area contributed by atoms with Crippen molar-refractivity contribution in [3.63, 3.8) is 0 Å². The minimum Gasteiger partial charge on any atom is -0.469 e. The number of carbonyl (C=O) groups is 1. The molecular weight excluding hydrogens is 297 g/mol. The Morgan fingerprint density at radius 3 is 2.78 bits per heavy atom. The standard InChI is InChI=1S/C18H18FNO3/c19-13-5-3-12(4-6-13)17-11-20(7-9-23-17)18(21)15-10-14(15)16-2-1-8-22-16/h1-6,8,14-15,17H,7,9-11H2/t14-,15+,17-/m0/s1. The molecule has 2 aromatic rings. The highest BCUT2D eigenvalue weighted by Gasteiger charge is 2.48. The van der Waals surface area contributed by atoms with Gasteiger partial charge in [-0.15, -0.1) is 0 Å². The molecule has 3 atom stereocenters. The van der Waals surface area contributed by atoms with E-state index in [1.54, 1.807) is 18.4 Å². The topological polar surface area (TPSA) is 42.7 Å². The fourth-order valence-corrected chi connectivity index (χ4v) is 3.25. The number of furan rings is 1. The molecule has 0 spiro atoms. The number of amides is 1. The molecule has 4 nitrogen and oxygen atoms in total. The van der Waals surface area contributed by atoms with E-state index >= 15 is 0 Å². The molecule has 2 heterocycles. The highest BCUT2D eigenvalue weighted by atomic mass is 19.1. The van der Waals surface area contributed by atoms with E-state index in [9.17, 15) is 9.18 Å². The lowest BCUT2D eigenvalue weighted by atomic mass is 10.1. The lowest BCUT2D eigenvalue weighted by molar-refractivity contribution is -0.140. The molecule has 0 unspecified atom stereocenters. The monoisotopic (exact) mass is 315 g/mol. The van der Waals surface area contributed by atoms with Gasteiger partial charge >= 0.3 is 0 Å². The molecule has 0 bridgehead atoms. The zero-order chi connectivity index (χ0) is 15.8. The highest BCUT2D eigenvalue weighted by Crippen LogP contribution is 2.48. The third-order valence-corrected chi connectivity index (χ3v) is 4.64. The Morgan fingerprint density at radius 1 is 1.22 bits per heavy atom. The predicted molar refractivity (Wildman–Crippen MR) is 81.2 cm³/mol. The Balaban J connectivity index is 1.41. The van der Waals surface area contributed by atoms with Gasteiger partial charge in [0.2, 0.25) is 5.91 Å². The molecule has 120 valence electrons. The molecule has 1 aromatic heterocycles. The van der Waals surface area contributed by atoms with Gasteiger partial charge in [-0.1, -0.05) is 12.1 Å². The molecule has 1 aliphatic carbocycles. The van der Waals surface area contributed by atoms with Gasteiger partial charge in [0.25, 0.3) is 0 Å². The van der Waals surface area contributed by atoms with E-state index in [1.165, 1.54) is 12.1 Å². The van der Waals surface area contributed by atoms with Gasteiger partial charge in [0.1, 0.15) is 17.7 Å². The van der Waals surface area contributed by atoms with Crippen molar-refractivity contribution in [2.75, 3.05) is 19.7 Å². The van der Waals surface area contributed by atoms with Crippen molar-refractivity contribution in [1.29, 1.82) is 0 Å². The summed E-state index contributed by atoms with van der Waals surface area (Å²) in [5, 5.41) is 0. The first-order chi connectivity index (χ1) is 11.2. The summed E-state index contributed by atoms with van der Waals surface area (Å²) in [5.74, 6) is 1.03. The maximum atomic E-state index is 13.0. The lowest BCUT2D eigenvalue weighted by Gasteiger charge is -2.33. The van der Waals surface area contributed by atoms with Crippen molar-refractivity contribution in [2.45, 2.75) is 18.4 Å². The van der Waals surface area contributed by atoms with Crippen LogP contribution >= 0.6 is 0 Å². The van der Waals surface area contributed by atoms with Crippen LogP contribution in [0.2, 0.25) is 0 Å². The van der Waals surface area contributed by atoms with Gasteiger partial charge < -0.3 is 14.1 Å². The minimum atomic E-state index is -0.267. The SMILES string of the molecule is O=C([C@@H]1C[C@@H]1c1ccco1)N1CCO[C@H](c2ccc(F)cc2)C1. The Hall–Kier alpha value is -2.14. The maximum absolute atomic E-state index is 13.0. The molecule has 1 saturated carbocycles. The van der Waals surface area contributed by atoms with Crippen LogP contribution in [-0.4, -0.2) is 30.5 Å². The summed E-state index contributed by atoms with van der Waals surface area (Å²) in [6.07, 6.45) is 2.31. The molecule has 1 aromatic carbocycles. The predicted octanol–water partition coefficient (Wildman–Crippen LogP) is 3.12. The second-order valence-electron chi connectivity index (χ2n) is 6.16. The van der Waals surface area contributed by atoms with E-state index in [4.69, 9.17) is 9.15 Å². The van der Waals surface area contributed by atoms with Crippen molar-refractivity contribution >= 4 is 5.91 Å². The highest BCUT2D eigenvalue weighted by molar-refractivity contribution is 5.83. The van der Waals surface area contributed by atoms with Gasteiger partial charge in [0.15, 0.2) is 0 Å². The molecule has 2 aliphatic rings. The van der Waals surface area contributed by atoms with Crippen LogP contribution in [0.4, 0.5) is 4.39 Å². The molecular formula is C18H18FNO3. The number of nitrogens with zero attached hydrogens (tertiary/aromatic N) is 1. The van der Waals surface area contributed by atoms with Crippen molar-refractivity contribution in [2.24, 2.45) is 5.92 Å². The van der Waals surface area contributed by atoms with Gasteiger partial charge in [-0.25, -0.2) is 4.39 Å². The average molecular weight is 315 g/mol. The summed E-state index contributed by atoms with van der Waals surface area (Å²) in [4.78, 5) is 14.5. The Morgan fingerprint density at radius 2 is 2.04 bits per heavy atom. The fraction of sp³-hybridized carbons (Fsp3) is 0.389. The van der Waals surface area contributed by atoms with E-state index in [0.717, 1.165) is 17.7 Å². The molecule has 0 N–H and O–H groups in total. The van der Waals surface area contributed by atoms with E-state index in [0.29, 0.717) is 19.7 Å². The molecule has 5 heteroatoms. The number of hydrogen-bond donors (Lipinski definition) is 0. The third-order valence-electron chi connectivity index (χ3n) is 4.64. The van der Waals surface area contributed by atoms with Gasteiger partial charge in [0, 0.05) is 18.4 Å². The van der Waals surface area contributed by atoms with Crippen LogP contribution in [-0.2, 0) is 9.53 Å². The second-order valence-corrected chi connectivity index (χ2v) is 6.16. The van der Waals surface area contributed by atoms with Crippen molar-refractivity contribution in [3.05, 3.63) is 59.8 Å². The number of carbonyl (C=O) groups excluding carboxylic acids is 1. The van der Waals surface area contributed by atoms with Gasteiger partial charge in [-0.2, -0.15) is 0 Å². The molecule has 23 heavy (non-hydrogen) atoms. The van der Waals surface area contributed by atoms with Gasteiger partial charge in [-0.05, 0) is 36.2 Å². The third kappa shape index (κ3) is 2.88. The smallest absolute Gasteiger partial charge is 0.226 e. The lowest BCUT2D eigenvalue weighted by Crippen LogP contribution is -2.43. The van der Waals surface area contributed by atoms with Crippen LogP contribution < -0.4 is 0 Å². The van der Waals surface area contributed by atoms with E-state index in [2.05, 4.69) is 0 Å². The van der Waals surface area contributed by atoms with Crippen LogP contribution in [0.1, 0.15) is 29.8 Å². The van der Waals surface area contributed by atoms with Crippen molar-refractivity contribution < 1.29 is 18.3 Å². The normalized spacial score (nSPS) is 27.0. The summed E-state index contributed by atoms with van der Waals surface area (Å²) in [7, 11) is 0. The Bertz CT molecular complexity index is 683. The van der Waals surface area contributed by atoms with Crippen LogP contribution in [0.3, 0.4) is 0 Å². The molecule has 0 radical (unpaired) electrons. The largest absolute Gasteiger partial charge is 0.469 e. The zero-order valence-corrected chi connectivity index (χ0v) is 12.7. The molecule has 2 fully saturated rings. The van der Waals surface area contributed by atoms with E-state index < -0.39 is 0 Å². The summed E-state index contributed by atoms with van der Waals surface area (Å²) in [6.45, 7) is 1.63. The quantitative estimate of drug-likeness (QED) is 0.874. The first-order valence-corrected chi connectivity index (χ1v) is 7.91. The number of rotatable bonds is 3. The van der Waals surface area contributed by atoms with E-state index in [1.807, 2.05) is 17.0 Å². The van der Waals surface area contributed by atoms with Crippen LogP contribution in [0.5, 0.6) is 0 Å². The summed E-state index contributed by atoms with van der Waals surface area (Å²) in [6, 6.07) is 10.1. The van der Waals surface area contributed by atoms with E-state index in [-0.39, 0.29) is 29.7 Å². The molecule has 1 saturated heterocycles. The molecule has 1 aliphatic heterocycles. The Kier molecular flexibility index (Phi) is 3.65. The molecule has 4 rings (SSSR count). The van der Waals surface area contributed by atoms with Crippen LogP contribution in [0.25, 0.3) is 0 Å². The number of benzene rings is 1. The number of halogens is 1. The fourth-order valence-electron chi connectivity index (χ4n) is 3.25. The summed E-state index contributed by atoms with van der Waals surface area (Å²) in [5.41, 5.74) is 0.905. The number of morpholine rings is 1. The van der Waals surface area contributed by atoms with Gasteiger partial charge in [0.05, 0.1) is 19.4 Å². The van der Waals surface area contributed by atoms with Crippen molar-refractivity contribution in [3.8, 4) is 0 Å². The second kappa shape index (κ2) is 5.81. The minimum absolute atomic E-state index is 0.0214. The van der Waals surface area contributed by atoms with Crippen LogP contribution in [0.15, 0.2) is 47.1 Å². The maximum Gasteiger partial charge on any atom is 0.226 e. The number of ether oxygens (including phenoxy) is 1. The first kappa shape index (κ1) is 14.5. The first-order valence-electron chi connectivity index (χ1n) is 7.91. The van der Waals surface area contributed by atoms with Gasteiger partial charge in [-0.3, -0.25) is 4.79 Å². The number of hydrogen-bond acceptors (Lipinski definition) is 3. The van der Waals surface area contributed by atoms with Crippen molar-refractivity contribution in [1.82, 2.24) is 4.90 Å². The van der Waals surface area contributed by atoms with Crippen LogP contribution in [0, 0.1) is 11.7 Å².